The first kappa shape index (κ1) is 29.0. The van der Waals surface area contributed by atoms with Crippen LogP contribution >= 0.6 is 12.4 Å². The highest BCUT2D eigenvalue weighted by atomic mass is 35.5. The van der Waals surface area contributed by atoms with E-state index in [2.05, 4.69) is 61.2 Å². The van der Waals surface area contributed by atoms with Crippen LogP contribution in [0.15, 0.2) is 42.5 Å². The number of unbranched alkanes of at least 4 members (excludes halogenated alkanes) is 13. The van der Waals surface area contributed by atoms with E-state index in [1.165, 1.54) is 132 Å². The van der Waals surface area contributed by atoms with Crippen LogP contribution in [-0.2, 0) is 6.42 Å². The van der Waals surface area contributed by atoms with Crippen molar-refractivity contribution in [2.45, 2.75) is 110 Å². The Morgan fingerprint density at radius 3 is 1.56 bits per heavy atom. The number of aryl methyl sites for hydroxylation is 1. The van der Waals surface area contributed by atoms with Crippen LogP contribution in [0.2, 0.25) is 0 Å². The summed E-state index contributed by atoms with van der Waals surface area (Å²) < 4.78 is 0. The van der Waals surface area contributed by atoms with Gasteiger partial charge in [-0.25, -0.2) is 0 Å². The number of fused-ring (bicyclic) bond motifs is 1. The molecule has 2 aromatic carbocycles. The van der Waals surface area contributed by atoms with Gasteiger partial charge in [-0.2, -0.15) is 0 Å². The Hall–Kier alpha value is -1.05. The molecular formula is C30H50ClN. The Morgan fingerprint density at radius 2 is 1.00 bits per heavy atom. The first-order valence-electron chi connectivity index (χ1n) is 13.5. The molecular weight excluding hydrogens is 410 g/mol. The molecule has 0 bridgehead atoms. The van der Waals surface area contributed by atoms with Crippen molar-refractivity contribution >= 4 is 23.2 Å². The molecule has 182 valence electrons. The maximum atomic E-state index is 2.55. The Bertz CT molecular complexity index is 674. The summed E-state index contributed by atoms with van der Waals surface area (Å²) in [4.78, 5) is 2.55. The first-order chi connectivity index (χ1) is 15.3. The van der Waals surface area contributed by atoms with Gasteiger partial charge in [0.25, 0.3) is 0 Å². The minimum Gasteiger partial charge on any atom is -0.304 e. The van der Waals surface area contributed by atoms with Crippen LogP contribution in [0.1, 0.15) is 109 Å². The molecule has 0 aliphatic carbocycles. The second-order valence-electron chi connectivity index (χ2n) is 9.36. The van der Waals surface area contributed by atoms with Gasteiger partial charge in [0.15, 0.2) is 0 Å². The van der Waals surface area contributed by atoms with E-state index in [-0.39, 0.29) is 12.4 Å². The zero-order chi connectivity index (χ0) is 22.0. The minimum atomic E-state index is 0. The molecule has 2 rings (SSSR count). The standard InChI is InChI=1S/C30H49N.ClH/c1-3-31(4-2)27-20-16-14-12-10-8-6-5-7-9-11-13-15-17-22-28-24-21-25-29-23-18-19-26-30(28)29;/h18-19,21,23-26H,3-17,20,22,27H2,1-2H3;1H. The second kappa shape index (κ2) is 19.4. The molecule has 0 radical (unpaired) electrons. The van der Waals surface area contributed by atoms with Gasteiger partial charge in [0.05, 0.1) is 0 Å². The van der Waals surface area contributed by atoms with Crippen LogP contribution in [0.3, 0.4) is 0 Å². The molecule has 0 aliphatic rings. The van der Waals surface area contributed by atoms with Crippen molar-refractivity contribution in [2.75, 3.05) is 19.6 Å². The predicted octanol–water partition coefficient (Wildman–Crippen LogP) is 9.61. The fourth-order valence-corrected chi connectivity index (χ4v) is 4.82. The minimum absolute atomic E-state index is 0. The van der Waals surface area contributed by atoms with Gasteiger partial charge in [-0.15, -0.1) is 12.4 Å². The van der Waals surface area contributed by atoms with Gasteiger partial charge in [0, 0.05) is 0 Å². The van der Waals surface area contributed by atoms with E-state index in [9.17, 15) is 0 Å². The fourth-order valence-electron chi connectivity index (χ4n) is 4.82. The maximum absolute atomic E-state index is 2.55. The topological polar surface area (TPSA) is 3.24 Å². The summed E-state index contributed by atoms with van der Waals surface area (Å²) in [6.07, 6.45) is 21.2. The molecule has 32 heavy (non-hydrogen) atoms. The zero-order valence-electron chi connectivity index (χ0n) is 21.1. The molecule has 2 heteroatoms. The van der Waals surface area contributed by atoms with Gasteiger partial charge in [0.1, 0.15) is 0 Å². The van der Waals surface area contributed by atoms with Gasteiger partial charge in [-0.1, -0.05) is 133 Å². The lowest BCUT2D eigenvalue weighted by molar-refractivity contribution is 0.295. The van der Waals surface area contributed by atoms with Gasteiger partial charge < -0.3 is 4.90 Å². The first-order valence-corrected chi connectivity index (χ1v) is 13.5. The zero-order valence-corrected chi connectivity index (χ0v) is 21.9. The van der Waals surface area contributed by atoms with Crippen LogP contribution in [-0.4, -0.2) is 24.5 Å². The van der Waals surface area contributed by atoms with E-state index in [1.54, 1.807) is 0 Å². The number of halogens is 1. The number of rotatable bonds is 19. The molecule has 0 atom stereocenters. The van der Waals surface area contributed by atoms with Crippen molar-refractivity contribution in [3.63, 3.8) is 0 Å². The number of benzene rings is 2. The quantitative estimate of drug-likeness (QED) is 0.189. The lowest BCUT2D eigenvalue weighted by atomic mass is 9.99. The van der Waals surface area contributed by atoms with Crippen LogP contribution in [0.25, 0.3) is 10.8 Å². The van der Waals surface area contributed by atoms with Crippen LogP contribution in [0.4, 0.5) is 0 Å². The second-order valence-corrected chi connectivity index (χ2v) is 9.36. The third-order valence-corrected chi connectivity index (χ3v) is 6.94. The molecule has 0 aliphatic heterocycles. The normalized spacial score (nSPS) is 11.2. The summed E-state index contributed by atoms with van der Waals surface area (Å²) >= 11 is 0. The van der Waals surface area contributed by atoms with Gasteiger partial charge >= 0.3 is 0 Å². The van der Waals surface area contributed by atoms with Gasteiger partial charge in [-0.3, -0.25) is 0 Å². The van der Waals surface area contributed by atoms with Crippen molar-refractivity contribution in [1.29, 1.82) is 0 Å². The molecule has 0 N–H and O–H groups in total. The highest BCUT2D eigenvalue weighted by Gasteiger charge is 2.01. The summed E-state index contributed by atoms with van der Waals surface area (Å²) in [6, 6.07) is 15.6. The number of nitrogens with zero attached hydrogens (tertiary/aromatic N) is 1. The highest BCUT2D eigenvalue weighted by Crippen LogP contribution is 2.21. The average molecular weight is 460 g/mol. The molecule has 0 saturated carbocycles. The summed E-state index contributed by atoms with van der Waals surface area (Å²) in [5.41, 5.74) is 1.53. The maximum Gasteiger partial charge on any atom is -0.00190 e. The van der Waals surface area contributed by atoms with Crippen LogP contribution in [0.5, 0.6) is 0 Å². The van der Waals surface area contributed by atoms with E-state index < -0.39 is 0 Å². The highest BCUT2D eigenvalue weighted by molar-refractivity contribution is 5.86. The van der Waals surface area contributed by atoms with E-state index in [0.29, 0.717) is 0 Å². The molecule has 0 heterocycles. The third-order valence-electron chi connectivity index (χ3n) is 6.94. The summed E-state index contributed by atoms with van der Waals surface area (Å²) in [6.45, 7) is 8.27. The molecule has 0 aromatic heterocycles. The van der Waals surface area contributed by atoms with E-state index in [0.717, 1.165) is 0 Å². The number of hydrogen-bond acceptors (Lipinski definition) is 1. The average Bonchev–Trinajstić information content (AvgIpc) is 2.81. The lowest BCUT2D eigenvalue weighted by Gasteiger charge is -2.17. The van der Waals surface area contributed by atoms with Crippen molar-refractivity contribution in [3.8, 4) is 0 Å². The Morgan fingerprint density at radius 1 is 0.531 bits per heavy atom. The lowest BCUT2D eigenvalue weighted by Crippen LogP contribution is -2.23. The monoisotopic (exact) mass is 459 g/mol. The SMILES string of the molecule is CCN(CC)CCCCCCCCCCCCCCCCc1cccc2ccccc12.Cl. The molecule has 2 aromatic rings. The van der Waals surface area contributed by atoms with Gasteiger partial charge in [-0.05, 0) is 55.2 Å². The predicted molar refractivity (Wildman–Crippen MR) is 147 cm³/mol. The molecule has 0 amide bonds. The largest absolute Gasteiger partial charge is 0.304 e. The fraction of sp³-hybridized carbons (Fsp3) is 0.667. The molecule has 0 saturated heterocycles. The van der Waals surface area contributed by atoms with Crippen molar-refractivity contribution in [3.05, 3.63) is 48.0 Å². The Balaban J connectivity index is 0.00000512. The summed E-state index contributed by atoms with van der Waals surface area (Å²) in [5, 5.41) is 2.83. The van der Waals surface area contributed by atoms with Crippen molar-refractivity contribution in [2.24, 2.45) is 0 Å². The van der Waals surface area contributed by atoms with E-state index in [4.69, 9.17) is 0 Å². The molecule has 0 unspecified atom stereocenters. The van der Waals surface area contributed by atoms with E-state index >= 15 is 0 Å². The Kier molecular flexibility index (Phi) is 17.6. The molecule has 0 spiro atoms. The van der Waals surface area contributed by atoms with Crippen LogP contribution in [0, 0.1) is 0 Å². The third kappa shape index (κ3) is 12.3. The van der Waals surface area contributed by atoms with E-state index in [1.807, 2.05) is 0 Å². The summed E-state index contributed by atoms with van der Waals surface area (Å²) in [7, 11) is 0. The van der Waals surface area contributed by atoms with Crippen molar-refractivity contribution in [1.82, 2.24) is 4.90 Å². The Labute approximate surface area is 205 Å². The van der Waals surface area contributed by atoms with Crippen molar-refractivity contribution < 1.29 is 0 Å². The number of hydrogen-bond donors (Lipinski definition) is 0. The smallest absolute Gasteiger partial charge is 0.00190 e. The summed E-state index contributed by atoms with van der Waals surface area (Å²) in [5.74, 6) is 0. The van der Waals surface area contributed by atoms with Gasteiger partial charge in [0.2, 0.25) is 0 Å². The molecule has 0 fully saturated rings. The van der Waals surface area contributed by atoms with Crippen LogP contribution < -0.4 is 0 Å². The molecule has 1 nitrogen and oxygen atoms in total.